The summed E-state index contributed by atoms with van der Waals surface area (Å²) >= 11 is 0. The van der Waals surface area contributed by atoms with Crippen LogP contribution in [0.15, 0.2) is 24.3 Å². The molecule has 1 saturated heterocycles. The monoisotopic (exact) mass is 300 g/mol. The molecule has 0 amide bonds. The third-order valence-electron chi connectivity index (χ3n) is 2.94. The molecule has 20 heavy (non-hydrogen) atoms. The zero-order valence-corrected chi connectivity index (χ0v) is 12.1. The molecule has 0 saturated carbocycles. The van der Waals surface area contributed by atoms with Crippen molar-refractivity contribution >= 4 is 15.7 Å². The van der Waals surface area contributed by atoms with E-state index in [4.69, 9.17) is 15.2 Å². The van der Waals surface area contributed by atoms with Crippen LogP contribution >= 0.6 is 0 Å². The number of nitrogens with two attached hydrogens (primary N) is 1. The third-order valence-corrected chi connectivity index (χ3v) is 4.30. The van der Waals surface area contributed by atoms with Crippen LogP contribution in [0.1, 0.15) is 12.8 Å². The van der Waals surface area contributed by atoms with E-state index in [1.165, 1.54) is 0 Å². The van der Waals surface area contributed by atoms with Crippen LogP contribution < -0.4 is 15.2 Å². The molecule has 0 aliphatic carbocycles. The van der Waals surface area contributed by atoms with Crippen molar-refractivity contribution in [2.75, 3.05) is 30.2 Å². The summed E-state index contributed by atoms with van der Waals surface area (Å²) in [7, 11) is -3.38. The topological polar surface area (TPSA) is 90.6 Å². The highest BCUT2D eigenvalue weighted by Gasteiger charge is 2.23. The Morgan fingerprint density at radius 2 is 2.10 bits per heavy atom. The Labute approximate surface area is 119 Å². The number of sulfonamides is 1. The van der Waals surface area contributed by atoms with Crippen LogP contribution in [0.2, 0.25) is 0 Å². The molecule has 1 aromatic rings. The number of rotatable bonds is 7. The smallest absolute Gasteiger partial charge is 0.235 e. The Hall–Kier alpha value is -1.31. The van der Waals surface area contributed by atoms with Gasteiger partial charge >= 0.3 is 0 Å². The zero-order chi connectivity index (χ0) is 14.4. The molecule has 2 rings (SSSR count). The lowest BCUT2D eigenvalue weighted by Gasteiger charge is -2.12. The average Bonchev–Trinajstić information content (AvgIpc) is 2.89. The van der Waals surface area contributed by atoms with E-state index in [0.29, 0.717) is 31.2 Å². The highest BCUT2D eigenvalue weighted by atomic mass is 32.2. The van der Waals surface area contributed by atoms with Crippen LogP contribution in [0.5, 0.6) is 5.75 Å². The van der Waals surface area contributed by atoms with Gasteiger partial charge in [0.15, 0.2) is 0 Å². The van der Waals surface area contributed by atoms with Gasteiger partial charge in [0.1, 0.15) is 12.4 Å². The Bertz CT molecular complexity index is 510. The molecule has 1 unspecified atom stereocenters. The maximum absolute atomic E-state index is 12.0. The third kappa shape index (κ3) is 4.66. The van der Waals surface area contributed by atoms with Crippen LogP contribution in [0.4, 0.5) is 5.69 Å². The minimum atomic E-state index is -3.38. The minimum Gasteiger partial charge on any atom is -0.492 e. The predicted octanol–water partition coefficient (Wildman–Crippen LogP) is 0.945. The summed E-state index contributed by atoms with van der Waals surface area (Å²) in [6, 6.07) is 6.75. The Morgan fingerprint density at radius 1 is 1.35 bits per heavy atom. The van der Waals surface area contributed by atoms with Crippen LogP contribution in [-0.4, -0.2) is 40.0 Å². The standard InChI is InChI=1S/C13H20N2O4S/c14-7-9-19-12-5-3-11(4-6-12)15-20(16,17)10-13-2-1-8-18-13/h3-6,13,15H,1-2,7-10,14H2. The first-order valence-electron chi connectivity index (χ1n) is 6.64. The van der Waals surface area contributed by atoms with Crippen molar-refractivity contribution in [1.29, 1.82) is 0 Å². The van der Waals surface area contributed by atoms with Gasteiger partial charge in [0.05, 0.1) is 11.9 Å². The Balaban J connectivity index is 1.91. The predicted molar refractivity (Wildman–Crippen MR) is 77.4 cm³/mol. The van der Waals surface area contributed by atoms with Crippen LogP contribution in [-0.2, 0) is 14.8 Å². The van der Waals surface area contributed by atoms with E-state index < -0.39 is 10.0 Å². The van der Waals surface area contributed by atoms with Crippen molar-refractivity contribution in [3.8, 4) is 5.75 Å². The van der Waals surface area contributed by atoms with E-state index in [-0.39, 0.29) is 11.9 Å². The first-order valence-corrected chi connectivity index (χ1v) is 8.29. The number of hydrogen-bond acceptors (Lipinski definition) is 5. The lowest BCUT2D eigenvalue weighted by molar-refractivity contribution is 0.127. The summed E-state index contributed by atoms with van der Waals surface area (Å²) < 4.78 is 37.2. The first kappa shape index (κ1) is 15.1. The molecule has 1 heterocycles. The quantitative estimate of drug-likeness (QED) is 0.782. The number of anilines is 1. The molecule has 1 aliphatic rings. The van der Waals surface area contributed by atoms with Gasteiger partial charge in [0.25, 0.3) is 0 Å². The maximum atomic E-state index is 12.0. The SMILES string of the molecule is NCCOc1ccc(NS(=O)(=O)CC2CCCO2)cc1. The van der Waals surface area contributed by atoms with E-state index in [1.807, 2.05) is 0 Å². The van der Waals surface area contributed by atoms with Gasteiger partial charge < -0.3 is 15.2 Å². The molecule has 112 valence electrons. The Morgan fingerprint density at radius 3 is 2.70 bits per heavy atom. The molecular formula is C13H20N2O4S. The summed E-state index contributed by atoms with van der Waals surface area (Å²) in [6.45, 7) is 1.52. The molecule has 6 nitrogen and oxygen atoms in total. The molecule has 1 fully saturated rings. The number of benzene rings is 1. The van der Waals surface area contributed by atoms with Gasteiger partial charge in [-0.15, -0.1) is 0 Å². The molecule has 3 N–H and O–H groups in total. The maximum Gasteiger partial charge on any atom is 0.235 e. The number of nitrogens with one attached hydrogen (secondary N) is 1. The summed E-state index contributed by atoms with van der Waals surface area (Å²) in [4.78, 5) is 0. The molecule has 0 radical (unpaired) electrons. The molecule has 0 spiro atoms. The minimum absolute atomic E-state index is 0.00156. The van der Waals surface area contributed by atoms with Crippen LogP contribution in [0.25, 0.3) is 0 Å². The van der Waals surface area contributed by atoms with Crippen molar-refractivity contribution in [2.45, 2.75) is 18.9 Å². The fourth-order valence-electron chi connectivity index (χ4n) is 2.04. The summed E-state index contributed by atoms with van der Waals surface area (Å²) in [5.41, 5.74) is 5.86. The van der Waals surface area contributed by atoms with Crippen molar-refractivity contribution in [2.24, 2.45) is 5.73 Å². The summed E-state index contributed by atoms with van der Waals surface area (Å²) in [5, 5.41) is 0. The lowest BCUT2D eigenvalue weighted by atomic mass is 10.3. The van der Waals surface area contributed by atoms with Crippen molar-refractivity contribution in [3.63, 3.8) is 0 Å². The largest absolute Gasteiger partial charge is 0.492 e. The van der Waals surface area contributed by atoms with E-state index >= 15 is 0 Å². The normalized spacial score (nSPS) is 18.9. The van der Waals surface area contributed by atoms with Crippen LogP contribution in [0, 0.1) is 0 Å². The van der Waals surface area contributed by atoms with E-state index in [1.54, 1.807) is 24.3 Å². The van der Waals surface area contributed by atoms with E-state index in [2.05, 4.69) is 4.72 Å². The molecular weight excluding hydrogens is 280 g/mol. The van der Waals surface area contributed by atoms with Gasteiger partial charge in [-0.3, -0.25) is 4.72 Å². The zero-order valence-electron chi connectivity index (χ0n) is 11.2. The number of ether oxygens (including phenoxy) is 2. The average molecular weight is 300 g/mol. The summed E-state index contributed by atoms with van der Waals surface area (Å²) in [5.74, 6) is 0.663. The van der Waals surface area contributed by atoms with Gasteiger partial charge in [-0.05, 0) is 37.1 Å². The molecule has 1 atom stereocenters. The van der Waals surface area contributed by atoms with Crippen molar-refractivity contribution in [1.82, 2.24) is 0 Å². The second kappa shape index (κ2) is 6.92. The highest BCUT2D eigenvalue weighted by molar-refractivity contribution is 7.92. The van der Waals surface area contributed by atoms with Gasteiger partial charge in [-0.1, -0.05) is 0 Å². The van der Waals surface area contributed by atoms with Gasteiger partial charge in [-0.2, -0.15) is 0 Å². The van der Waals surface area contributed by atoms with E-state index in [0.717, 1.165) is 12.8 Å². The Kier molecular flexibility index (Phi) is 5.22. The van der Waals surface area contributed by atoms with Crippen molar-refractivity contribution in [3.05, 3.63) is 24.3 Å². The first-order chi connectivity index (χ1) is 9.59. The summed E-state index contributed by atoms with van der Waals surface area (Å²) in [6.07, 6.45) is 1.53. The van der Waals surface area contributed by atoms with E-state index in [9.17, 15) is 8.42 Å². The van der Waals surface area contributed by atoms with Crippen LogP contribution in [0.3, 0.4) is 0 Å². The fourth-order valence-corrected chi connectivity index (χ4v) is 3.37. The molecule has 1 aromatic carbocycles. The molecule has 7 heteroatoms. The fraction of sp³-hybridized carbons (Fsp3) is 0.538. The van der Waals surface area contributed by atoms with Crippen molar-refractivity contribution < 1.29 is 17.9 Å². The van der Waals surface area contributed by atoms with Gasteiger partial charge in [-0.25, -0.2) is 8.42 Å². The van der Waals surface area contributed by atoms with Gasteiger partial charge in [0.2, 0.25) is 10.0 Å². The lowest BCUT2D eigenvalue weighted by Crippen LogP contribution is -2.25. The highest BCUT2D eigenvalue weighted by Crippen LogP contribution is 2.19. The second-order valence-electron chi connectivity index (χ2n) is 4.68. The van der Waals surface area contributed by atoms with Gasteiger partial charge in [0, 0.05) is 18.8 Å². The molecule has 0 bridgehead atoms. The molecule has 0 aromatic heterocycles. The number of hydrogen-bond donors (Lipinski definition) is 2. The molecule has 1 aliphatic heterocycles. The second-order valence-corrected chi connectivity index (χ2v) is 6.45.